The summed E-state index contributed by atoms with van der Waals surface area (Å²) in [7, 11) is 0. The molecular formula is C11H15NO3. The van der Waals surface area contributed by atoms with Gasteiger partial charge in [0.15, 0.2) is 0 Å². The number of hydrogen-bond acceptors (Lipinski definition) is 2. The van der Waals surface area contributed by atoms with Gasteiger partial charge in [-0.2, -0.15) is 0 Å². The van der Waals surface area contributed by atoms with E-state index in [0.717, 1.165) is 6.07 Å². The average Bonchev–Trinajstić information content (AvgIpc) is 1.99. The molecule has 0 saturated carbocycles. The SMILES string of the molecule is Cc1cc(C(=O)O)cc(=O)n1C(C)(C)C. The van der Waals surface area contributed by atoms with E-state index in [1.54, 1.807) is 11.5 Å². The maximum Gasteiger partial charge on any atom is 0.335 e. The van der Waals surface area contributed by atoms with Gasteiger partial charge >= 0.3 is 5.97 Å². The van der Waals surface area contributed by atoms with Crippen molar-refractivity contribution in [2.45, 2.75) is 33.2 Å². The van der Waals surface area contributed by atoms with Crippen LogP contribution in [0.3, 0.4) is 0 Å². The summed E-state index contributed by atoms with van der Waals surface area (Å²) in [4.78, 5) is 22.4. The molecule has 0 amide bonds. The molecule has 0 atom stereocenters. The van der Waals surface area contributed by atoms with Gasteiger partial charge < -0.3 is 9.67 Å². The van der Waals surface area contributed by atoms with E-state index < -0.39 is 5.97 Å². The number of aromatic carboxylic acids is 1. The maximum atomic E-state index is 11.7. The Morgan fingerprint density at radius 2 is 1.87 bits per heavy atom. The van der Waals surface area contributed by atoms with E-state index in [1.807, 2.05) is 20.8 Å². The fourth-order valence-corrected chi connectivity index (χ4v) is 1.69. The third-order valence-corrected chi connectivity index (χ3v) is 2.13. The summed E-state index contributed by atoms with van der Waals surface area (Å²) in [6.07, 6.45) is 0. The molecule has 1 aromatic rings. The second-order valence-electron chi connectivity index (χ2n) is 4.54. The number of nitrogens with zero attached hydrogens (tertiary/aromatic N) is 1. The van der Waals surface area contributed by atoms with Crippen LogP contribution in [0.2, 0.25) is 0 Å². The van der Waals surface area contributed by atoms with Crippen molar-refractivity contribution in [1.82, 2.24) is 4.57 Å². The Morgan fingerprint density at radius 3 is 2.20 bits per heavy atom. The molecule has 0 spiro atoms. The summed E-state index contributed by atoms with van der Waals surface area (Å²) in [6, 6.07) is 2.66. The van der Waals surface area contributed by atoms with Gasteiger partial charge in [-0.15, -0.1) is 0 Å². The molecule has 1 aromatic heterocycles. The molecule has 1 N–H and O–H groups in total. The monoisotopic (exact) mass is 209 g/mol. The number of hydrogen-bond donors (Lipinski definition) is 1. The molecule has 0 unspecified atom stereocenters. The number of carbonyl (C=O) groups is 1. The van der Waals surface area contributed by atoms with Gasteiger partial charge in [0.2, 0.25) is 0 Å². The first kappa shape index (κ1) is 11.5. The van der Waals surface area contributed by atoms with Gasteiger partial charge in [-0.05, 0) is 33.8 Å². The van der Waals surface area contributed by atoms with Crippen molar-refractivity contribution in [3.05, 3.63) is 33.7 Å². The smallest absolute Gasteiger partial charge is 0.335 e. The summed E-state index contributed by atoms with van der Waals surface area (Å²) >= 11 is 0. The molecule has 0 saturated heterocycles. The van der Waals surface area contributed by atoms with Gasteiger partial charge in [0, 0.05) is 17.3 Å². The van der Waals surface area contributed by atoms with Crippen molar-refractivity contribution in [2.75, 3.05) is 0 Å². The molecule has 0 aliphatic heterocycles. The molecule has 0 aromatic carbocycles. The number of rotatable bonds is 1. The average molecular weight is 209 g/mol. The Bertz CT molecular complexity index is 452. The van der Waals surface area contributed by atoms with Crippen molar-refractivity contribution in [3.63, 3.8) is 0 Å². The second-order valence-corrected chi connectivity index (χ2v) is 4.54. The summed E-state index contributed by atoms with van der Waals surface area (Å²) in [5.41, 5.74) is 0.0865. The Kier molecular flexibility index (Phi) is 2.71. The highest BCUT2D eigenvalue weighted by Crippen LogP contribution is 2.14. The van der Waals surface area contributed by atoms with Crippen molar-refractivity contribution < 1.29 is 9.90 Å². The van der Waals surface area contributed by atoms with Gasteiger partial charge in [0.25, 0.3) is 5.56 Å². The summed E-state index contributed by atoms with van der Waals surface area (Å²) < 4.78 is 1.58. The van der Waals surface area contributed by atoms with Crippen molar-refractivity contribution in [3.8, 4) is 0 Å². The van der Waals surface area contributed by atoms with Gasteiger partial charge in [-0.3, -0.25) is 4.79 Å². The lowest BCUT2D eigenvalue weighted by molar-refractivity contribution is 0.0696. The quantitative estimate of drug-likeness (QED) is 0.764. The second kappa shape index (κ2) is 3.53. The van der Waals surface area contributed by atoms with Crippen molar-refractivity contribution in [1.29, 1.82) is 0 Å². The largest absolute Gasteiger partial charge is 0.478 e. The van der Waals surface area contributed by atoms with Crippen LogP contribution in [0.25, 0.3) is 0 Å². The van der Waals surface area contributed by atoms with Crippen LogP contribution in [0, 0.1) is 6.92 Å². The van der Waals surface area contributed by atoms with Crippen LogP contribution >= 0.6 is 0 Å². The minimum absolute atomic E-state index is 0.0398. The van der Waals surface area contributed by atoms with Crippen LogP contribution in [0.4, 0.5) is 0 Å². The third-order valence-electron chi connectivity index (χ3n) is 2.13. The molecular weight excluding hydrogens is 194 g/mol. The van der Waals surface area contributed by atoms with Gasteiger partial charge in [-0.25, -0.2) is 4.79 Å². The van der Waals surface area contributed by atoms with Crippen LogP contribution < -0.4 is 5.56 Å². The lowest BCUT2D eigenvalue weighted by Crippen LogP contribution is -2.35. The summed E-state index contributed by atoms with van der Waals surface area (Å²) in [5, 5.41) is 8.78. The Labute approximate surface area is 88.2 Å². The fourth-order valence-electron chi connectivity index (χ4n) is 1.69. The lowest BCUT2D eigenvalue weighted by Gasteiger charge is -2.25. The zero-order chi connectivity index (χ0) is 11.8. The topological polar surface area (TPSA) is 59.3 Å². The normalized spacial score (nSPS) is 11.5. The number of aromatic nitrogens is 1. The minimum atomic E-state index is -1.07. The molecule has 1 rings (SSSR count). The van der Waals surface area contributed by atoms with Crippen LogP contribution in [0.1, 0.15) is 36.8 Å². The maximum absolute atomic E-state index is 11.7. The minimum Gasteiger partial charge on any atom is -0.478 e. The molecule has 0 aliphatic rings. The lowest BCUT2D eigenvalue weighted by atomic mass is 10.1. The predicted molar refractivity (Wildman–Crippen MR) is 57.4 cm³/mol. The van der Waals surface area contributed by atoms with Gasteiger partial charge in [-0.1, -0.05) is 0 Å². The molecule has 0 bridgehead atoms. The number of aryl methyl sites for hydroxylation is 1. The van der Waals surface area contributed by atoms with Crippen molar-refractivity contribution >= 4 is 5.97 Å². The first-order valence-corrected chi connectivity index (χ1v) is 4.71. The van der Waals surface area contributed by atoms with E-state index in [0.29, 0.717) is 5.69 Å². The van der Waals surface area contributed by atoms with Crippen LogP contribution in [0.5, 0.6) is 0 Å². The molecule has 15 heavy (non-hydrogen) atoms. The van der Waals surface area contributed by atoms with Gasteiger partial charge in [0.1, 0.15) is 0 Å². The standard InChI is InChI=1S/C11H15NO3/c1-7-5-8(10(14)15)6-9(13)12(7)11(2,3)4/h5-6H,1-4H3,(H,14,15). The zero-order valence-corrected chi connectivity index (χ0v) is 9.37. The Morgan fingerprint density at radius 1 is 1.33 bits per heavy atom. The van der Waals surface area contributed by atoms with Crippen molar-refractivity contribution in [2.24, 2.45) is 0 Å². The van der Waals surface area contributed by atoms with Crippen LogP contribution in [-0.2, 0) is 5.54 Å². The molecule has 4 heteroatoms. The summed E-state index contributed by atoms with van der Waals surface area (Å²) in [5.74, 6) is -1.07. The summed E-state index contributed by atoms with van der Waals surface area (Å²) in [6.45, 7) is 7.45. The first-order valence-electron chi connectivity index (χ1n) is 4.71. The van der Waals surface area contributed by atoms with E-state index in [9.17, 15) is 9.59 Å². The molecule has 0 aliphatic carbocycles. The van der Waals surface area contributed by atoms with E-state index in [1.165, 1.54) is 6.07 Å². The highest BCUT2D eigenvalue weighted by Gasteiger charge is 2.18. The zero-order valence-electron chi connectivity index (χ0n) is 9.37. The Hall–Kier alpha value is -1.58. The Balaban J connectivity index is 3.48. The highest BCUT2D eigenvalue weighted by molar-refractivity contribution is 5.87. The van der Waals surface area contributed by atoms with E-state index in [4.69, 9.17) is 5.11 Å². The molecule has 0 fully saturated rings. The number of pyridine rings is 1. The molecule has 0 radical (unpaired) electrons. The molecule has 4 nitrogen and oxygen atoms in total. The van der Waals surface area contributed by atoms with E-state index >= 15 is 0 Å². The van der Waals surface area contributed by atoms with Crippen LogP contribution in [-0.4, -0.2) is 15.6 Å². The van der Waals surface area contributed by atoms with E-state index in [-0.39, 0.29) is 16.7 Å². The third kappa shape index (κ3) is 2.26. The van der Waals surface area contributed by atoms with E-state index in [2.05, 4.69) is 0 Å². The molecule has 1 heterocycles. The first-order chi connectivity index (χ1) is 6.73. The predicted octanol–water partition coefficient (Wildman–Crippen LogP) is 1.61. The highest BCUT2D eigenvalue weighted by atomic mass is 16.4. The molecule has 82 valence electrons. The fraction of sp³-hybridized carbons (Fsp3) is 0.455. The number of carboxylic acids is 1. The number of carboxylic acid groups (broad SMARTS) is 1. The van der Waals surface area contributed by atoms with Crippen LogP contribution in [0.15, 0.2) is 16.9 Å². The van der Waals surface area contributed by atoms with Gasteiger partial charge in [0.05, 0.1) is 5.56 Å².